The Morgan fingerprint density at radius 3 is 2.42 bits per heavy atom. The van der Waals surface area contributed by atoms with Crippen LogP contribution in [0.15, 0.2) is 42.2 Å². The van der Waals surface area contributed by atoms with Gasteiger partial charge in [0.2, 0.25) is 5.78 Å². The van der Waals surface area contributed by atoms with Gasteiger partial charge in [0.25, 0.3) is 0 Å². The Bertz CT molecular complexity index is 836. The molecule has 1 aliphatic heterocycles. The summed E-state index contributed by atoms with van der Waals surface area (Å²) in [5.41, 5.74) is 2.04. The van der Waals surface area contributed by atoms with Crippen molar-refractivity contribution < 1.29 is 24.3 Å². The second-order valence-corrected chi connectivity index (χ2v) is 6.29. The van der Waals surface area contributed by atoms with E-state index in [0.717, 1.165) is 24.4 Å². The van der Waals surface area contributed by atoms with Gasteiger partial charge in [0, 0.05) is 0 Å². The summed E-state index contributed by atoms with van der Waals surface area (Å²) in [6.07, 6.45) is 1.72. The first-order chi connectivity index (χ1) is 12.6. The van der Waals surface area contributed by atoms with E-state index in [2.05, 4.69) is 13.8 Å². The standard InChI is InChI=1S/C21H23NO4/c1-4-22(5-2)13-17-18(23)11-10-16-20(24)19(26-21(16)17)12-14-6-8-15(25-3)9-7-14/h6-12,23H,4-5,13H2,1-3H3/p+1/b19-12-. The molecule has 0 atom stereocenters. The van der Waals surface area contributed by atoms with E-state index in [4.69, 9.17) is 9.47 Å². The van der Waals surface area contributed by atoms with Gasteiger partial charge in [-0.25, -0.2) is 0 Å². The number of fused-ring (bicyclic) bond motifs is 1. The van der Waals surface area contributed by atoms with Crippen molar-refractivity contribution in [3.8, 4) is 17.2 Å². The molecule has 1 aliphatic rings. The first kappa shape index (κ1) is 18.0. The minimum absolute atomic E-state index is 0.161. The molecule has 136 valence electrons. The quantitative estimate of drug-likeness (QED) is 0.783. The number of aromatic hydroxyl groups is 1. The molecule has 0 saturated heterocycles. The number of Topliss-reactive ketones (excluding diaryl/α,β-unsaturated/α-hetero) is 1. The first-order valence-corrected chi connectivity index (χ1v) is 8.84. The second-order valence-electron chi connectivity index (χ2n) is 6.29. The van der Waals surface area contributed by atoms with E-state index in [0.29, 0.717) is 23.4 Å². The molecule has 26 heavy (non-hydrogen) atoms. The maximum Gasteiger partial charge on any atom is 0.231 e. The van der Waals surface area contributed by atoms with Crippen LogP contribution < -0.4 is 14.4 Å². The molecular weight excluding hydrogens is 330 g/mol. The molecule has 0 bridgehead atoms. The fraction of sp³-hybridized carbons (Fsp3) is 0.286. The Balaban J connectivity index is 1.93. The van der Waals surface area contributed by atoms with Crippen LogP contribution in [0.5, 0.6) is 17.2 Å². The van der Waals surface area contributed by atoms with E-state index in [9.17, 15) is 9.90 Å². The lowest BCUT2D eigenvalue weighted by Gasteiger charge is -2.17. The van der Waals surface area contributed by atoms with E-state index in [1.165, 1.54) is 4.90 Å². The molecule has 1 heterocycles. The summed E-state index contributed by atoms with van der Waals surface area (Å²) in [5, 5.41) is 10.3. The minimum atomic E-state index is -0.161. The predicted molar refractivity (Wildman–Crippen MR) is 99.8 cm³/mol. The molecular formula is C21H24NO4+. The number of phenols is 1. The van der Waals surface area contributed by atoms with Crippen molar-refractivity contribution in [1.29, 1.82) is 0 Å². The summed E-state index contributed by atoms with van der Waals surface area (Å²) in [6.45, 7) is 6.68. The molecule has 0 aromatic heterocycles. The number of nitrogens with one attached hydrogen (secondary N) is 1. The number of allylic oxidation sites excluding steroid dienone is 1. The van der Waals surface area contributed by atoms with Crippen molar-refractivity contribution in [2.24, 2.45) is 0 Å². The molecule has 5 nitrogen and oxygen atoms in total. The van der Waals surface area contributed by atoms with Crippen LogP contribution in [-0.2, 0) is 6.54 Å². The highest BCUT2D eigenvalue weighted by atomic mass is 16.5. The van der Waals surface area contributed by atoms with Crippen molar-refractivity contribution in [1.82, 2.24) is 0 Å². The molecule has 0 saturated carbocycles. The SMILES string of the molecule is CC[NH+](CC)Cc1c(O)ccc2c1O/C(=C\c1ccc(OC)cc1)C2=O. The van der Waals surface area contributed by atoms with E-state index in [1.807, 2.05) is 24.3 Å². The van der Waals surface area contributed by atoms with Crippen LogP contribution in [0.1, 0.15) is 35.3 Å². The number of hydrogen-bond donors (Lipinski definition) is 2. The normalized spacial score (nSPS) is 14.6. The van der Waals surface area contributed by atoms with Gasteiger partial charge >= 0.3 is 0 Å². The number of quaternary nitrogens is 1. The maximum atomic E-state index is 12.7. The second kappa shape index (κ2) is 7.62. The van der Waals surface area contributed by atoms with Crippen LogP contribution >= 0.6 is 0 Å². The summed E-state index contributed by atoms with van der Waals surface area (Å²) in [4.78, 5) is 14.0. The molecule has 5 heteroatoms. The molecule has 3 rings (SSSR count). The number of carbonyl (C=O) groups excluding carboxylic acids is 1. The maximum absolute atomic E-state index is 12.7. The third-order valence-corrected chi connectivity index (χ3v) is 4.76. The Morgan fingerprint density at radius 2 is 1.81 bits per heavy atom. The fourth-order valence-corrected chi connectivity index (χ4v) is 3.07. The van der Waals surface area contributed by atoms with Crippen molar-refractivity contribution in [3.63, 3.8) is 0 Å². The average Bonchev–Trinajstić information content (AvgIpc) is 2.97. The van der Waals surface area contributed by atoms with Crippen LogP contribution in [-0.4, -0.2) is 31.1 Å². The summed E-state index contributed by atoms with van der Waals surface area (Å²) in [5.74, 6) is 1.51. The van der Waals surface area contributed by atoms with Crippen LogP contribution in [0, 0.1) is 0 Å². The predicted octanol–water partition coefficient (Wildman–Crippen LogP) is 2.44. The van der Waals surface area contributed by atoms with Gasteiger partial charge in [0.15, 0.2) is 11.5 Å². The van der Waals surface area contributed by atoms with Gasteiger partial charge in [0.1, 0.15) is 18.0 Å². The molecule has 2 aromatic rings. The molecule has 2 aromatic carbocycles. The van der Waals surface area contributed by atoms with Gasteiger partial charge in [-0.1, -0.05) is 12.1 Å². The van der Waals surface area contributed by atoms with Crippen LogP contribution in [0.25, 0.3) is 6.08 Å². The Hall–Kier alpha value is -2.79. The zero-order chi connectivity index (χ0) is 18.7. The van der Waals surface area contributed by atoms with Crippen molar-refractivity contribution in [2.75, 3.05) is 20.2 Å². The lowest BCUT2D eigenvalue weighted by molar-refractivity contribution is -0.910. The van der Waals surface area contributed by atoms with Crippen molar-refractivity contribution >= 4 is 11.9 Å². The van der Waals surface area contributed by atoms with E-state index >= 15 is 0 Å². The average molecular weight is 354 g/mol. The van der Waals surface area contributed by atoms with Gasteiger partial charge in [-0.3, -0.25) is 4.79 Å². The lowest BCUT2D eigenvalue weighted by Crippen LogP contribution is -3.10. The van der Waals surface area contributed by atoms with Crippen LogP contribution in [0.4, 0.5) is 0 Å². The number of carbonyl (C=O) groups is 1. The van der Waals surface area contributed by atoms with E-state index in [1.54, 1.807) is 25.3 Å². The zero-order valence-electron chi connectivity index (χ0n) is 15.3. The molecule has 0 amide bonds. The number of phenolic OH excluding ortho intramolecular Hbond substituents is 1. The minimum Gasteiger partial charge on any atom is -0.507 e. The number of ketones is 1. The van der Waals surface area contributed by atoms with Gasteiger partial charge in [0.05, 0.1) is 31.3 Å². The highest BCUT2D eigenvalue weighted by Gasteiger charge is 2.32. The summed E-state index contributed by atoms with van der Waals surface area (Å²) in [7, 11) is 1.61. The molecule has 0 fully saturated rings. The Morgan fingerprint density at radius 1 is 1.12 bits per heavy atom. The third kappa shape index (κ3) is 3.44. The Kier molecular flexibility index (Phi) is 5.28. The molecule has 0 aliphatic carbocycles. The molecule has 2 N–H and O–H groups in total. The molecule has 0 unspecified atom stereocenters. The van der Waals surface area contributed by atoms with Gasteiger partial charge in [-0.2, -0.15) is 0 Å². The Labute approximate surface area is 153 Å². The summed E-state index contributed by atoms with van der Waals surface area (Å²) < 4.78 is 11.0. The summed E-state index contributed by atoms with van der Waals surface area (Å²) >= 11 is 0. The number of hydrogen-bond acceptors (Lipinski definition) is 4. The molecule has 0 radical (unpaired) electrons. The number of methoxy groups -OCH3 is 1. The first-order valence-electron chi connectivity index (χ1n) is 8.84. The smallest absolute Gasteiger partial charge is 0.231 e. The largest absolute Gasteiger partial charge is 0.507 e. The fourth-order valence-electron chi connectivity index (χ4n) is 3.07. The summed E-state index contributed by atoms with van der Waals surface area (Å²) in [6, 6.07) is 10.6. The van der Waals surface area contributed by atoms with Gasteiger partial charge in [-0.05, 0) is 49.8 Å². The highest BCUT2D eigenvalue weighted by Crippen LogP contribution is 2.39. The van der Waals surface area contributed by atoms with Gasteiger partial charge in [-0.15, -0.1) is 0 Å². The lowest BCUT2D eigenvalue weighted by atomic mass is 10.0. The highest BCUT2D eigenvalue weighted by molar-refractivity contribution is 6.14. The molecule has 0 spiro atoms. The van der Waals surface area contributed by atoms with Crippen molar-refractivity contribution in [3.05, 3.63) is 58.8 Å². The van der Waals surface area contributed by atoms with Crippen LogP contribution in [0.3, 0.4) is 0 Å². The topological polar surface area (TPSA) is 60.2 Å². The van der Waals surface area contributed by atoms with E-state index < -0.39 is 0 Å². The third-order valence-electron chi connectivity index (χ3n) is 4.76. The van der Waals surface area contributed by atoms with E-state index in [-0.39, 0.29) is 17.3 Å². The number of ether oxygens (including phenoxy) is 2. The van der Waals surface area contributed by atoms with Gasteiger partial charge < -0.3 is 19.5 Å². The van der Waals surface area contributed by atoms with Crippen LogP contribution in [0.2, 0.25) is 0 Å². The number of benzene rings is 2. The number of rotatable bonds is 6. The van der Waals surface area contributed by atoms with Crippen molar-refractivity contribution in [2.45, 2.75) is 20.4 Å². The zero-order valence-corrected chi connectivity index (χ0v) is 15.3. The monoisotopic (exact) mass is 354 g/mol.